The number of imidazole rings is 1. The van der Waals surface area contributed by atoms with E-state index in [1.807, 2.05) is 20.8 Å². The van der Waals surface area contributed by atoms with Crippen molar-refractivity contribution in [2.24, 2.45) is 5.92 Å². The smallest absolute Gasteiger partial charge is 0.410 e. The minimum absolute atomic E-state index is 0.165. The molecule has 0 aromatic carbocycles. The summed E-state index contributed by atoms with van der Waals surface area (Å²) in [6.07, 6.45) is 4.73. The maximum Gasteiger partial charge on any atom is 0.410 e. The van der Waals surface area contributed by atoms with E-state index in [4.69, 9.17) is 9.72 Å². The number of pyridine rings is 1. The van der Waals surface area contributed by atoms with Gasteiger partial charge in [0.25, 0.3) is 5.91 Å². The fourth-order valence-electron chi connectivity index (χ4n) is 4.87. The second kappa shape index (κ2) is 8.37. The summed E-state index contributed by atoms with van der Waals surface area (Å²) in [6.45, 7) is 9.39. The van der Waals surface area contributed by atoms with E-state index in [0.717, 1.165) is 12.4 Å². The van der Waals surface area contributed by atoms with Crippen LogP contribution in [0.2, 0.25) is 0 Å². The Balaban J connectivity index is 1.16. The van der Waals surface area contributed by atoms with Crippen LogP contribution >= 0.6 is 11.3 Å². The van der Waals surface area contributed by atoms with E-state index in [0.29, 0.717) is 45.6 Å². The third-order valence-corrected chi connectivity index (χ3v) is 7.54. The van der Waals surface area contributed by atoms with E-state index in [-0.39, 0.29) is 23.7 Å². The predicted octanol–water partition coefficient (Wildman–Crippen LogP) is 4.09. The number of hydrogen-bond donors (Lipinski definition) is 1. The molecule has 0 radical (unpaired) electrons. The molecule has 2 saturated heterocycles. The number of nitrogens with one attached hydrogen (secondary N) is 1. The number of carbonyl (C=O) groups excluding carboxylic acids is 2. The van der Waals surface area contributed by atoms with Crippen LogP contribution < -0.4 is 10.2 Å². The first-order valence-corrected chi connectivity index (χ1v) is 12.8. The lowest BCUT2D eigenvalue weighted by molar-refractivity contribution is 0.0290. The number of likely N-dealkylation sites (tertiary alicyclic amines) is 1. The normalized spacial score (nSPS) is 19.3. The molecule has 2 fully saturated rings. The van der Waals surface area contributed by atoms with E-state index in [2.05, 4.69) is 20.2 Å². The SMILES string of the molecule is Cc1cn2cc(NC(=O)c3cc4ncc(N5C[C@@H]6CN(C(=O)OC(C)(C)C)C[C@@H]65)nc4s3)cc(F)c2n1. The maximum absolute atomic E-state index is 14.4. The third-order valence-electron chi connectivity index (χ3n) is 6.52. The van der Waals surface area contributed by atoms with E-state index >= 15 is 0 Å². The highest BCUT2D eigenvalue weighted by Gasteiger charge is 2.48. The van der Waals surface area contributed by atoms with Crippen molar-refractivity contribution in [3.05, 3.63) is 47.1 Å². The molecule has 6 rings (SSSR count). The number of thiophene rings is 1. The van der Waals surface area contributed by atoms with Gasteiger partial charge >= 0.3 is 6.09 Å². The summed E-state index contributed by atoms with van der Waals surface area (Å²) < 4.78 is 21.5. The van der Waals surface area contributed by atoms with Gasteiger partial charge in [0.1, 0.15) is 21.8 Å². The summed E-state index contributed by atoms with van der Waals surface area (Å²) in [5, 5.41) is 2.75. The standard InChI is InChI=1S/C25H26FN7O3S/c1-13-8-31-11-15(5-16(26)21(31)28-13)29-22(34)19-6-17-23(37-19)30-20(7-27-17)33-10-14-9-32(12-18(14)33)24(35)36-25(2,3)4/h5-8,11,14,18H,9-10,12H2,1-4H3,(H,29,34)/t14-,18-/m0/s1. The fraction of sp³-hybridized carbons (Fsp3) is 0.400. The van der Waals surface area contributed by atoms with Crippen LogP contribution in [0.15, 0.2) is 30.7 Å². The Morgan fingerprint density at radius 2 is 1.97 bits per heavy atom. The van der Waals surface area contributed by atoms with Gasteiger partial charge in [-0.15, -0.1) is 11.3 Å². The molecule has 0 bridgehead atoms. The van der Waals surface area contributed by atoms with Crippen LogP contribution in [-0.4, -0.2) is 67.5 Å². The van der Waals surface area contributed by atoms with Crippen molar-refractivity contribution in [1.82, 2.24) is 24.3 Å². The Morgan fingerprint density at radius 3 is 2.76 bits per heavy atom. The molecule has 2 aliphatic rings. The van der Waals surface area contributed by atoms with E-state index in [1.165, 1.54) is 17.4 Å². The second-order valence-corrected chi connectivity index (χ2v) is 11.6. The molecule has 6 heterocycles. The van der Waals surface area contributed by atoms with Gasteiger partial charge in [0, 0.05) is 44.0 Å². The van der Waals surface area contributed by atoms with Crippen molar-refractivity contribution in [1.29, 1.82) is 0 Å². The summed E-state index contributed by atoms with van der Waals surface area (Å²) in [4.78, 5) is 43.7. The number of aryl methyl sites for hydroxylation is 1. The molecule has 2 atom stereocenters. The Morgan fingerprint density at radius 1 is 1.16 bits per heavy atom. The highest BCUT2D eigenvalue weighted by molar-refractivity contribution is 7.20. The first-order valence-electron chi connectivity index (χ1n) is 12.0. The first kappa shape index (κ1) is 23.6. The lowest BCUT2D eigenvalue weighted by Gasteiger charge is -2.43. The zero-order chi connectivity index (χ0) is 26.1. The minimum atomic E-state index is -0.530. The average Bonchev–Trinajstić information content (AvgIpc) is 3.48. The van der Waals surface area contributed by atoms with Crippen LogP contribution in [-0.2, 0) is 4.74 Å². The molecule has 10 nitrogen and oxygen atoms in total. The summed E-state index contributed by atoms with van der Waals surface area (Å²) >= 11 is 1.23. The van der Waals surface area contributed by atoms with Gasteiger partial charge in [-0.2, -0.15) is 0 Å². The zero-order valence-corrected chi connectivity index (χ0v) is 21.7. The highest BCUT2D eigenvalue weighted by atomic mass is 32.1. The fourth-order valence-corrected chi connectivity index (χ4v) is 5.75. The van der Waals surface area contributed by atoms with Gasteiger partial charge < -0.3 is 24.3 Å². The molecule has 2 aliphatic heterocycles. The topological polar surface area (TPSA) is 105 Å². The van der Waals surface area contributed by atoms with Gasteiger partial charge in [0.2, 0.25) is 0 Å². The molecule has 37 heavy (non-hydrogen) atoms. The molecular formula is C25H26FN7O3S. The maximum atomic E-state index is 14.4. The van der Waals surface area contributed by atoms with Crippen LogP contribution in [0.4, 0.5) is 20.7 Å². The molecule has 0 aliphatic carbocycles. The highest BCUT2D eigenvalue weighted by Crippen LogP contribution is 2.37. The molecule has 12 heteroatoms. The largest absolute Gasteiger partial charge is 0.444 e. The number of halogens is 1. The quantitative estimate of drug-likeness (QED) is 0.431. The number of hydrogen-bond acceptors (Lipinski definition) is 8. The second-order valence-electron chi connectivity index (χ2n) is 10.5. The van der Waals surface area contributed by atoms with E-state index < -0.39 is 11.4 Å². The predicted molar refractivity (Wildman–Crippen MR) is 138 cm³/mol. The van der Waals surface area contributed by atoms with Crippen LogP contribution in [0.1, 0.15) is 36.1 Å². The summed E-state index contributed by atoms with van der Waals surface area (Å²) in [6, 6.07) is 3.10. The molecule has 192 valence electrons. The lowest BCUT2D eigenvalue weighted by Crippen LogP contribution is -2.56. The van der Waals surface area contributed by atoms with Gasteiger partial charge in [-0.05, 0) is 33.8 Å². The summed E-state index contributed by atoms with van der Waals surface area (Å²) in [5.41, 5.74) is 1.31. The number of anilines is 2. The van der Waals surface area contributed by atoms with Crippen molar-refractivity contribution < 1.29 is 18.7 Å². The van der Waals surface area contributed by atoms with E-state index in [9.17, 15) is 14.0 Å². The van der Waals surface area contributed by atoms with Crippen molar-refractivity contribution in [2.45, 2.75) is 39.3 Å². The number of fused-ring (bicyclic) bond motifs is 3. The number of amides is 2. The number of ether oxygens (including phenoxy) is 1. The number of nitrogens with zero attached hydrogens (tertiary/aromatic N) is 6. The molecule has 0 saturated carbocycles. The number of aromatic nitrogens is 4. The average molecular weight is 524 g/mol. The minimum Gasteiger partial charge on any atom is -0.444 e. The Kier molecular flexibility index (Phi) is 5.34. The van der Waals surface area contributed by atoms with Crippen LogP contribution in [0.3, 0.4) is 0 Å². The Bertz CT molecular complexity index is 1560. The molecule has 0 spiro atoms. The molecule has 0 unspecified atom stereocenters. The molecule has 2 amide bonds. The Labute approximate surface area is 216 Å². The van der Waals surface area contributed by atoms with Crippen molar-refractivity contribution in [3.63, 3.8) is 0 Å². The number of rotatable bonds is 3. The summed E-state index contributed by atoms with van der Waals surface area (Å²) in [7, 11) is 0. The van der Waals surface area contributed by atoms with Gasteiger partial charge in [0.05, 0.1) is 28.5 Å². The molecular weight excluding hydrogens is 497 g/mol. The molecule has 4 aromatic rings. The van der Waals surface area contributed by atoms with Crippen LogP contribution in [0, 0.1) is 18.7 Å². The van der Waals surface area contributed by atoms with Gasteiger partial charge in [0.15, 0.2) is 11.5 Å². The lowest BCUT2D eigenvalue weighted by atomic mass is 9.92. The first-order chi connectivity index (χ1) is 17.5. The molecule has 4 aromatic heterocycles. The van der Waals surface area contributed by atoms with Crippen molar-refractivity contribution in [3.8, 4) is 0 Å². The van der Waals surface area contributed by atoms with E-state index in [1.54, 1.807) is 40.9 Å². The zero-order valence-electron chi connectivity index (χ0n) is 20.9. The molecule has 1 N–H and O–H groups in total. The third kappa shape index (κ3) is 4.35. The van der Waals surface area contributed by atoms with Crippen LogP contribution in [0.5, 0.6) is 0 Å². The van der Waals surface area contributed by atoms with Gasteiger partial charge in [-0.25, -0.2) is 24.1 Å². The monoisotopic (exact) mass is 523 g/mol. The Hall–Kier alpha value is -3.80. The summed E-state index contributed by atoms with van der Waals surface area (Å²) in [5.74, 6) is 0.207. The van der Waals surface area contributed by atoms with Crippen molar-refractivity contribution in [2.75, 3.05) is 29.9 Å². The van der Waals surface area contributed by atoms with Crippen molar-refractivity contribution >= 4 is 50.8 Å². The number of carbonyl (C=O) groups is 2. The van der Waals surface area contributed by atoms with Crippen LogP contribution in [0.25, 0.3) is 16.0 Å². The van der Waals surface area contributed by atoms with Gasteiger partial charge in [-0.3, -0.25) is 4.79 Å². The van der Waals surface area contributed by atoms with Gasteiger partial charge in [-0.1, -0.05) is 0 Å².